The van der Waals surface area contributed by atoms with Gasteiger partial charge in [-0.1, -0.05) is 58.4 Å². The maximum atomic E-state index is 13.1. The van der Waals surface area contributed by atoms with Gasteiger partial charge < -0.3 is 4.57 Å². The van der Waals surface area contributed by atoms with Gasteiger partial charge in [-0.2, -0.15) is 0 Å². The Balaban J connectivity index is 1.44. The van der Waals surface area contributed by atoms with E-state index in [9.17, 15) is 9.59 Å². The van der Waals surface area contributed by atoms with Crippen molar-refractivity contribution in [3.8, 4) is 5.69 Å². The summed E-state index contributed by atoms with van der Waals surface area (Å²) in [7, 11) is 0. The lowest BCUT2D eigenvalue weighted by Crippen LogP contribution is -2.27. The minimum Gasteiger partial charge on any atom is -0.317 e. The number of rotatable bonds is 4. The molecule has 1 fully saturated rings. The van der Waals surface area contributed by atoms with Crippen molar-refractivity contribution in [3.05, 3.63) is 106 Å². The molecule has 3 aromatic carbocycles. The SMILES string of the molecule is O=C1S/C(=C/c2cccn2-c2ccc(Br)cc2)C(=O)N1Cc1cccc2ccccc12. The Labute approximate surface area is 192 Å². The molecule has 0 saturated carbocycles. The number of imide groups is 1. The zero-order chi connectivity index (χ0) is 21.4. The van der Waals surface area contributed by atoms with Crippen LogP contribution in [0.2, 0.25) is 0 Å². The van der Waals surface area contributed by atoms with Gasteiger partial charge in [0.05, 0.1) is 11.4 Å². The second-order valence-corrected chi connectivity index (χ2v) is 9.09. The van der Waals surface area contributed by atoms with Crippen molar-refractivity contribution in [2.75, 3.05) is 0 Å². The highest BCUT2D eigenvalue weighted by Gasteiger charge is 2.35. The molecule has 5 rings (SSSR count). The third-order valence-corrected chi connectivity index (χ3v) is 6.68. The van der Waals surface area contributed by atoms with E-state index in [1.165, 1.54) is 4.90 Å². The van der Waals surface area contributed by atoms with E-state index in [1.54, 1.807) is 6.08 Å². The van der Waals surface area contributed by atoms with Crippen LogP contribution in [0, 0.1) is 0 Å². The summed E-state index contributed by atoms with van der Waals surface area (Å²) < 4.78 is 2.99. The van der Waals surface area contributed by atoms with E-state index in [0.717, 1.165) is 44.0 Å². The first-order valence-electron chi connectivity index (χ1n) is 9.75. The van der Waals surface area contributed by atoms with Crippen LogP contribution in [0.25, 0.3) is 22.5 Å². The van der Waals surface area contributed by atoms with Crippen LogP contribution in [-0.2, 0) is 11.3 Å². The summed E-state index contributed by atoms with van der Waals surface area (Å²) >= 11 is 4.44. The van der Waals surface area contributed by atoms with Crippen molar-refractivity contribution in [2.24, 2.45) is 0 Å². The lowest BCUT2D eigenvalue weighted by molar-refractivity contribution is -0.123. The summed E-state index contributed by atoms with van der Waals surface area (Å²) in [5, 5.41) is 1.90. The van der Waals surface area contributed by atoms with Crippen molar-refractivity contribution in [3.63, 3.8) is 0 Å². The summed E-state index contributed by atoms with van der Waals surface area (Å²) in [4.78, 5) is 27.5. The van der Waals surface area contributed by atoms with E-state index in [2.05, 4.69) is 15.9 Å². The number of aromatic nitrogens is 1. The molecule has 4 aromatic rings. The van der Waals surface area contributed by atoms with Gasteiger partial charge in [-0.15, -0.1) is 0 Å². The molecule has 1 aliphatic rings. The van der Waals surface area contributed by atoms with Gasteiger partial charge in [-0.3, -0.25) is 14.5 Å². The van der Waals surface area contributed by atoms with Gasteiger partial charge in [-0.25, -0.2) is 0 Å². The van der Waals surface area contributed by atoms with E-state index in [1.807, 2.05) is 89.6 Å². The minimum atomic E-state index is -0.258. The number of carbonyl (C=O) groups is 2. The zero-order valence-electron chi connectivity index (χ0n) is 16.4. The molecule has 0 spiro atoms. The Hall–Kier alpha value is -3.09. The van der Waals surface area contributed by atoms with Crippen LogP contribution in [-0.4, -0.2) is 20.6 Å². The van der Waals surface area contributed by atoms with E-state index in [4.69, 9.17) is 0 Å². The Kier molecular flexibility index (Phi) is 5.26. The fourth-order valence-corrected chi connectivity index (χ4v) is 4.81. The van der Waals surface area contributed by atoms with Gasteiger partial charge in [0.2, 0.25) is 0 Å². The van der Waals surface area contributed by atoms with Crippen LogP contribution in [0.4, 0.5) is 4.79 Å². The minimum absolute atomic E-state index is 0.245. The first kappa shape index (κ1) is 19.8. The average molecular weight is 489 g/mol. The first-order chi connectivity index (χ1) is 15.1. The van der Waals surface area contributed by atoms with Crippen LogP contribution >= 0.6 is 27.7 Å². The predicted molar refractivity (Wildman–Crippen MR) is 129 cm³/mol. The Morgan fingerprint density at radius 1 is 0.871 bits per heavy atom. The molecular weight excluding hydrogens is 472 g/mol. The number of amides is 2. The van der Waals surface area contributed by atoms with Crippen molar-refractivity contribution in [1.29, 1.82) is 0 Å². The molecular formula is C25H17BrN2O2S. The van der Waals surface area contributed by atoms with Gasteiger partial charge in [0.25, 0.3) is 11.1 Å². The molecule has 0 radical (unpaired) electrons. The van der Waals surface area contributed by atoms with Crippen LogP contribution < -0.4 is 0 Å². The second kappa shape index (κ2) is 8.21. The summed E-state index contributed by atoms with van der Waals surface area (Å²) in [5.74, 6) is -0.258. The maximum absolute atomic E-state index is 13.1. The molecule has 31 heavy (non-hydrogen) atoms. The molecule has 0 atom stereocenters. The number of nitrogens with zero attached hydrogens (tertiary/aromatic N) is 2. The number of hydrogen-bond acceptors (Lipinski definition) is 3. The van der Waals surface area contributed by atoms with Gasteiger partial charge in [0, 0.05) is 22.1 Å². The topological polar surface area (TPSA) is 42.3 Å². The molecule has 0 unspecified atom stereocenters. The number of carbonyl (C=O) groups excluding carboxylic acids is 2. The highest BCUT2D eigenvalue weighted by molar-refractivity contribution is 9.10. The summed E-state index contributed by atoms with van der Waals surface area (Å²) in [5.41, 5.74) is 2.78. The molecule has 0 N–H and O–H groups in total. The first-order valence-corrected chi connectivity index (χ1v) is 11.4. The molecule has 4 nitrogen and oxygen atoms in total. The number of halogens is 1. The molecule has 1 aromatic heterocycles. The lowest BCUT2D eigenvalue weighted by Gasteiger charge is -2.14. The highest BCUT2D eigenvalue weighted by atomic mass is 79.9. The van der Waals surface area contributed by atoms with Crippen molar-refractivity contribution < 1.29 is 9.59 Å². The van der Waals surface area contributed by atoms with E-state index >= 15 is 0 Å². The predicted octanol–water partition coefficient (Wildman–Crippen LogP) is 6.63. The molecule has 152 valence electrons. The van der Waals surface area contributed by atoms with Crippen LogP contribution in [0.3, 0.4) is 0 Å². The standard InChI is InChI=1S/C25H17BrN2O2S/c26-19-10-12-20(13-11-19)27-14-4-8-21(27)15-23-24(29)28(25(30)31-23)16-18-7-3-6-17-5-1-2-9-22(17)18/h1-15H,16H2/b23-15+. The smallest absolute Gasteiger partial charge is 0.293 e. The number of hydrogen-bond donors (Lipinski definition) is 0. The lowest BCUT2D eigenvalue weighted by atomic mass is 10.0. The van der Waals surface area contributed by atoms with Crippen molar-refractivity contribution in [2.45, 2.75) is 6.54 Å². The van der Waals surface area contributed by atoms with E-state index in [-0.39, 0.29) is 17.7 Å². The monoisotopic (exact) mass is 488 g/mol. The fraction of sp³-hybridized carbons (Fsp3) is 0.0400. The van der Waals surface area contributed by atoms with Crippen molar-refractivity contribution >= 4 is 55.7 Å². The maximum Gasteiger partial charge on any atom is 0.293 e. The summed E-state index contributed by atoms with van der Waals surface area (Å²) in [6.07, 6.45) is 3.73. The summed E-state index contributed by atoms with van der Waals surface area (Å²) in [6, 6.07) is 25.7. The molecule has 0 aliphatic carbocycles. The number of benzene rings is 3. The molecule has 1 aliphatic heterocycles. The highest BCUT2D eigenvalue weighted by Crippen LogP contribution is 2.34. The Bertz CT molecular complexity index is 1340. The zero-order valence-corrected chi connectivity index (χ0v) is 18.8. The van der Waals surface area contributed by atoms with Crippen molar-refractivity contribution in [1.82, 2.24) is 9.47 Å². The fourth-order valence-electron chi connectivity index (χ4n) is 3.72. The van der Waals surface area contributed by atoms with E-state index in [0.29, 0.717) is 4.91 Å². The molecule has 6 heteroatoms. The van der Waals surface area contributed by atoms with Gasteiger partial charge in [-0.05, 0) is 70.6 Å². The molecule has 2 amide bonds. The van der Waals surface area contributed by atoms with Gasteiger partial charge in [0.1, 0.15) is 0 Å². The largest absolute Gasteiger partial charge is 0.317 e. The van der Waals surface area contributed by atoms with E-state index < -0.39 is 0 Å². The van der Waals surface area contributed by atoms with Crippen LogP contribution in [0.1, 0.15) is 11.3 Å². The molecule has 1 saturated heterocycles. The Morgan fingerprint density at radius 2 is 1.65 bits per heavy atom. The number of thioether (sulfide) groups is 1. The second-order valence-electron chi connectivity index (χ2n) is 7.19. The van der Waals surface area contributed by atoms with Crippen LogP contribution in [0.15, 0.2) is 94.4 Å². The summed E-state index contributed by atoms with van der Waals surface area (Å²) in [6.45, 7) is 0.261. The number of fused-ring (bicyclic) bond motifs is 1. The van der Waals surface area contributed by atoms with Gasteiger partial charge in [0.15, 0.2) is 0 Å². The van der Waals surface area contributed by atoms with Crippen LogP contribution in [0.5, 0.6) is 0 Å². The normalized spacial score (nSPS) is 15.4. The molecule has 0 bridgehead atoms. The third kappa shape index (κ3) is 3.84. The van der Waals surface area contributed by atoms with Gasteiger partial charge >= 0.3 is 0 Å². The third-order valence-electron chi connectivity index (χ3n) is 5.25. The Morgan fingerprint density at radius 3 is 2.48 bits per heavy atom. The quantitative estimate of drug-likeness (QED) is 0.302. The average Bonchev–Trinajstić information content (AvgIpc) is 3.34. The molecule has 2 heterocycles.